The normalized spacial score (nSPS) is 13.1. The number of rotatable bonds is 11. The molecule has 0 N–H and O–H groups in total. The van der Waals surface area contributed by atoms with E-state index in [0.29, 0.717) is 6.16 Å². The molecule has 3 nitrogen and oxygen atoms in total. The Morgan fingerprint density at radius 2 is 1.10 bits per heavy atom. The summed E-state index contributed by atoms with van der Waals surface area (Å²) in [5.41, 5.74) is 3.57. The molecule has 0 fully saturated rings. The van der Waals surface area contributed by atoms with Gasteiger partial charge in [0.05, 0.1) is 7.11 Å². The van der Waals surface area contributed by atoms with Crippen molar-refractivity contribution >= 4 is 17.8 Å². The average Bonchev–Trinajstić information content (AvgIpc) is 3.04. The standard InChI is InChI=1S/C36H36NO2P/c1-29(31-17-9-4-10-18-31)37(27-30-15-7-3-8-16-30)36(32-23-25-33(39-2)26-24-32)28-40(38,34-19-11-5-12-20-34)35-21-13-6-14-22-35/h3-26,29,36H,27-28H2,1-2H3/t29-,36+/m1/s1. The summed E-state index contributed by atoms with van der Waals surface area (Å²) in [5.74, 6) is 0.808. The Morgan fingerprint density at radius 3 is 1.60 bits per heavy atom. The maximum Gasteiger partial charge on any atom is 0.145 e. The van der Waals surface area contributed by atoms with Crippen LogP contribution in [0, 0.1) is 0 Å². The molecule has 0 aliphatic rings. The summed E-state index contributed by atoms with van der Waals surface area (Å²) in [4.78, 5) is 2.50. The molecular weight excluding hydrogens is 509 g/mol. The maximum atomic E-state index is 15.4. The van der Waals surface area contributed by atoms with Gasteiger partial charge in [0.2, 0.25) is 0 Å². The van der Waals surface area contributed by atoms with E-state index in [4.69, 9.17) is 4.74 Å². The molecule has 0 saturated carbocycles. The topological polar surface area (TPSA) is 29.5 Å². The van der Waals surface area contributed by atoms with Gasteiger partial charge in [0.15, 0.2) is 0 Å². The maximum absolute atomic E-state index is 15.4. The van der Waals surface area contributed by atoms with Crippen LogP contribution in [0.3, 0.4) is 0 Å². The molecule has 0 bridgehead atoms. The summed E-state index contributed by atoms with van der Waals surface area (Å²) in [5, 5.41) is 1.76. The molecule has 40 heavy (non-hydrogen) atoms. The van der Waals surface area contributed by atoms with E-state index in [9.17, 15) is 0 Å². The van der Waals surface area contributed by atoms with Crippen molar-refractivity contribution in [3.63, 3.8) is 0 Å². The Labute approximate surface area is 238 Å². The molecule has 0 aliphatic carbocycles. The van der Waals surface area contributed by atoms with Crippen LogP contribution in [0.4, 0.5) is 0 Å². The van der Waals surface area contributed by atoms with E-state index >= 15 is 4.57 Å². The molecule has 5 aromatic carbocycles. The molecule has 5 rings (SSSR count). The third-order valence-electron chi connectivity index (χ3n) is 7.66. The molecule has 0 heterocycles. The Bertz CT molecular complexity index is 1460. The zero-order chi connectivity index (χ0) is 27.8. The molecule has 2 atom stereocenters. The van der Waals surface area contributed by atoms with Crippen LogP contribution in [0.15, 0.2) is 146 Å². The van der Waals surface area contributed by atoms with E-state index in [1.807, 2.05) is 72.8 Å². The summed E-state index contributed by atoms with van der Waals surface area (Å²) in [6, 6.07) is 49.3. The van der Waals surface area contributed by atoms with Crippen molar-refractivity contribution < 1.29 is 9.30 Å². The largest absolute Gasteiger partial charge is 0.497 e. The van der Waals surface area contributed by atoms with Gasteiger partial charge in [-0.1, -0.05) is 133 Å². The minimum Gasteiger partial charge on any atom is -0.497 e. The molecular formula is C36H36NO2P. The molecule has 0 radical (unpaired) electrons. The van der Waals surface area contributed by atoms with E-state index in [1.54, 1.807) is 7.11 Å². The highest BCUT2D eigenvalue weighted by Crippen LogP contribution is 2.49. The number of hydrogen-bond acceptors (Lipinski definition) is 3. The van der Waals surface area contributed by atoms with Crippen molar-refractivity contribution in [3.8, 4) is 5.75 Å². The number of hydrogen-bond donors (Lipinski definition) is 0. The molecule has 0 aromatic heterocycles. The molecule has 0 saturated heterocycles. The summed E-state index contributed by atoms with van der Waals surface area (Å²) < 4.78 is 20.9. The first kappa shape index (κ1) is 27.6. The van der Waals surface area contributed by atoms with Crippen molar-refractivity contribution in [3.05, 3.63) is 162 Å². The Balaban J connectivity index is 1.67. The van der Waals surface area contributed by atoms with Gasteiger partial charge >= 0.3 is 0 Å². The zero-order valence-electron chi connectivity index (χ0n) is 23.1. The predicted molar refractivity (Wildman–Crippen MR) is 167 cm³/mol. The van der Waals surface area contributed by atoms with Crippen LogP contribution in [0.25, 0.3) is 0 Å². The van der Waals surface area contributed by atoms with Crippen LogP contribution in [-0.4, -0.2) is 18.2 Å². The number of ether oxygens (including phenoxy) is 1. The second kappa shape index (κ2) is 13.0. The summed E-state index contributed by atoms with van der Waals surface area (Å²) in [6.45, 7) is 2.97. The zero-order valence-corrected chi connectivity index (χ0v) is 24.0. The van der Waals surface area contributed by atoms with Gasteiger partial charge in [-0.25, -0.2) is 0 Å². The molecule has 0 spiro atoms. The van der Waals surface area contributed by atoms with Gasteiger partial charge in [-0.2, -0.15) is 0 Å². The van der Waals surface area contributed by atoms with Gasteiger partial charge in [0, 0.05) is 35.4 Å². The lowest BCUT2D eigenvalue weighted by Gasteiger charge is -2.39. The fraction of sp³-hybridized carbons (Fsp3) is 0.167. The first-order valence-electron chi connectivity index (χ1n) is 13.8. The SMILES string of the molecule is COc1ccc([C@H](CP(=O)(c2ccccc2)c2ccccc2)N(Cc2ccccc2)[C@H](C)c2ccccc2)cc1. The van der Waals surface area contributed by atoms with Gasteiger partial charge in [0.1, 0.15) is 12.9 Å². The molecule has 0 aliphatic heterocycles. The van der Waals surface area contributed by atoms with Gasteiger partial charge in [-0.15, -0.1) is 0 Å². The molecule has 202 valence electrons. The van der Waals surface area contributed by atoms with Gasteiger partial charge in [0.25, 0.3) is 0 Å². The Hall–Kier alpha value is -3.91. The van der Waals surface area contributed by atoms with Gasteiger partial charge in [-0.05, 0) is 35.7 Å². The van der Waals surface area contributed by atoms with E-state index in [1.165, 1.54) is 11.1 Å². The Morgan fingerprint density at radius 1 is 0.625 bits per heavy atom. The highest BCUT2D eigenvalue weighted by Gasteiger charge is 2.36. The summed E-state index contributed by atoms with van der Waals surface area (Å²) >= 11 is 0. The van der Waals surface area contributed by atoms with Crippen LogP contribution in [-0.2, 0) is 11.1 Å². The quantitative estimate of drug-likeness (QED) is 0.158. The average molecular weight is 546 g/mol. The fourth-order valence-corrected chi connectivity index (χ4v) is 8.34. The van der Waals surface area contributed by atoms with E-state index < -0.39 is 7.14 Å². The highest BCUT2D eigenvalue weighted by molar-refractivity contribution is 7.78. The van der Waals surface area contributed by atoms with Crippen molar-refractivity contribution in [1.82, 2.24) is 4.90 Å². The third-order valence-corrected chi connectivity index (χ3v) is 10.8. The molecule has 0 unspecified atom stereocenters. The van der Waals surface area contributed by atoms with Crippen LogP contribution in [0.1, 0.15) is 35.7 Å². The lowest BCUT2D eigenvalue weighted by molar-refractivity contribution is 0.146. The van der Waals surface area contributed by atoms with Crippen molar-refractivity contribution in [2.45, 2.75) is 25.6 Å². The number of nitrogens with zero attached hydrogens (tertiary/aromatic N) is 1. The van der Waals surface area contributed by atoms with Crippen LogP contribution < -0.4 is 15.3 Å². The minimum absolute atomic E-state index is 0.0773. The van der Waals surface area contributed by atoms with Crippen LogP contribution in [0.5, 0.6) is 5.75 Å². The first-order chi connectivity index (χ1) is 19.6. The molecule has 5 aromatic rings. The van der Waals surface area contributed by atoms with Gasteiger partial charge in [-0.3, -0.25) is 4.90 Å². The summed E-state index contributed by atoms with van der Waals surface area (Å²) in [7, 11) is -1.34. The van der Waals surface area contributed by atoms with Crippen molar-refractivity contribution in [2.24, 2.45) is 0 Å². The second-order valence-corrected chi connectivity index (χ2v) is 13.0. The molecule has 0 amide bonds. The third kappa shape index (κ3) is 6.28. The molecule has 4 heteroatoms. The predicted octanol–water partition coefficient (Wildman–Crippen LogP) is 8.01. The van der Waals surface area contributed by atoms with E-state index in [2.05, 4.69) is 84.6 Å². The lowest BCUT2D eigenvalue weighted by atomic mass is 9.99. The van der Waals surface area contributed by atoms with E-state index in [0.717, 1.165) is 28.5 Å². The Kier molecular flexibility index (Phi) is 8.96. The number of benzene rings is 5. The van der Waals surface area contributed by atoms with E-state index in [-0.39, 0.29) is 12.1 Å². The van der Waals surface area contributed by atoms with Crippen molar-refractivity contribution in [2.75, 3.05) is 13.3 Å². The summed E-state index contributed by atoms with van der Waals surface area (Å²) in [6.07, 6.45) is 0.470. The van der Waals surface area contributed by atoms with Crippen LogP contribution >= 0.6 is 7.14 Å². The smallest absolute Gasteiger partial charge is 0.145 e. The number of methoxy groups -OCH3 is 1. The van der Waals surface area contributed by atoms with Crippen molar-refractivity contribution in [1.29, 1.82) is 0 Å². The van der Waals surface area contributed by atoms with Crippen LogP contribution in [0.2, 0.25) is 0 Å². The monoisotopic (exact) mass is 545 g/mol. The first-order valence-corrected chi connectivity index (χ1v) is 15.7. The van der Waals surface area contributed by atoms with Gasteiger partial charge < -0.3 is 9.30 Å². The fourth-order valence-electron chi connectivity index (χ4n) is 5.40. The second-order valence-electron chi connectivity index (χ2n) is 10.1. The minimum atomic E-state index is -3.03. The lowest BCUT2D eigenvalue weighted by Crippen LogP contribution is -2.35. The highest BCUT2D eigenvalue weighted by atomic mass is 31.2.